The Hall–Kier alpha value is -1.60. The number of alkyl halides is 3. The van der Waals surface area contributed by atoms with Crippen molar-refractivity contribution in [1.82, 2.24) is 14.8 Å². The molecule has 0 N–H and O–H groups in total. The van der Waals surface area contributed by atoms with E-state index in [1.807, 2.05) is 6.92 Å². The van der Waals surface area contributed by atoms with Gasteiger partial charge in [-0.25, -0.2) is 4.98 Å². The molecule has 1 heterocycles. The van der Waals surface area contributed by atoms with E-state index in [0.29, 0.717) is 13.0 Å². The summed E-state index contributed by atoms with van der Waals surface area (Å²) in [5, 5.41) is 3.95. The number of rotatable bonds is 6. The van der Waals surface area contributed by atoms with Crippen molar-refractivity contribution >= 4 is 11.6 Å². The lowest BCUT2D eigenvalue weighted by Gasteiger charge is -2.22. The van der Waals surface area contributed by atoms with Crippen LogP contribution in [0.3, 0.4) is 0 Å². The fourth-order valence-electron chi connectivity index (χ4n) is 2.05. The van der Waals surface area contributed by atoms with Crippen molar-refractivity contribution in [2.24, 2.45) is 0 Å². The first-order valence-corrected chi connectivity index (χ1v) is 7.10. The smallest absolute Gasteiger partial charge is 0.372 e. The van der Waals surface area contributed by atoms with Crippen LogP contribution in [0.25, 0.3) is 0 Å². The summed E-state index contributed by atoms with van der Waals surface area (Å²) in [5.41, 5.74) is -0.748. The molecule has 0 saturated carbocycles. The van der Waals surface area contributed by atoms with E-state index in [2.05, 4.69) is 10.1 Å². The molecule has 1 atom stereocenters. The first kappa shape index (κ1) is 16.8. The van der Waals surface area contributed by atoms with Crippen LogP contribution in [0, 0.1) is 0 Å². The normalized spacial score (nSPS) is 13.3. The van der Waals surface area contributed by atoms with Crippen molar-refractivity contribution in [1.29, 1.82) is 0 Å². The number of aromatic nitrogens is 3. The molecule has 1 unspecified atom stereocenters. The summed E-state index contributed by atoms with van der Waals surface area (Å²) in [6.45, 7) is 2.38. The van der Waals surface area contributed by atoms with E-state index in [0.717, 1.165) is 6.07 Å². The van der Waals surface area contributed by atoms with E-state index < -0.39 is 17.8 Å². The number of halogens is 4. The molecular weight excluding hydrogens is 319 g/mol. The lowest BCUT2D eigenvalue weighted by molar-refractivity contribution is -0.139. The molecule has 1 aromatic heterocycles. The van der Waals surface area contributed by atoms with Crippen LogP contribution in [-0.4, -0.2) is 21.4 Å². The maximum atomic E-state index is 13.2. The second-order valence-corrected chi connectivity index (χ2v) is 5.14. The predicted molar refractivity (Wildman–Crippen MR) is 75.5 cm³/mol. The molecule has 0 saturated heterocycles. The average Bonchev–Trinajstić information content (AvgIpc) is 2.95. The second-order valence-electron chi connectivity index (χ2n) is 4.71. The summed E-state index contributed by atoms with van der Waals surface area (Å²) < 4.78 is 46.8. The van der Waals surface area contributed by atoms with Gasteiger partial charge in [0.25, 0.3) is 0 Å². The molecule has 0 aliphatic heterocycles. The van der Waals surface area contributed by atoms with E-state index in [-0.39, 0.29) is 17.1 Å². The molecule has 0 amide bonds. The number of nitrogens with zero attached hydrogens (tertiary/aromatic N) is 3. The molecule has 120 valence electrons. The number of hydrogen-bond acceptors (Lipinski definition) is 3. The van der Waals surface area contributed by atoms with E-state index in [4.69, 9.17) is 16.3 Å². The summed E-state index contributed by atoms with van der Waals surface area (Å²) >= 11 is 5.71. The van der Waals surface area contributed by atoms with Crippen molar-refractivity contribution in [2.45, 2.75) is 32.2 Å². The molecule has 8 heteroatoms. The van der Waals surface area contributed by atoms with Gasteiger partial charge in [-0.1, -0.05) is 24.6 Å². The standard InChI is InChI=1S/C14H15ClF3N3O/c1-2-5-22-13(7-21-9-19-8-20-21)11-4-3-10(15)6-12(11)14(16,17)18/h3-4,6,8-9,13H,2,5,7H2,1H3. The van der Waals surface area contributed by atoms with Crippen molar-refractivity contribution in [3.63, 3.8) is 0 Å². The van der Waals surface area contributed by atoms with Crippen molar-refractivity contribution < 1.29 is 17.9 Å². The summed E-state index contributed by atoms with van der Waals surface area (Å²) in [7, 11) is 0. The lowest BCUT2D eigenvalue weighted by Crippen LogP contribution is -2.19. The maximum Gasteiger partial charge on any atom is 0.416 e. The second kappa shape index (κ2) is 7.11. The third-order valence-electron chi connectivity index (χ3n) is 3.01. The Balaban J connectivity index is 2.37. The van der Waals surface area contributed by atoms with Gasteiger partial charge in [-0.15, -0.1) is 0 Å². The van der Waals surface area contributed by atoms with Gasteiger partial charge in [0.15, 0.2) is 0 Å². The Kier molecular flexibility index (Phi) is 5.42. The first-order valence-electron chi connectivity index (χ1n) is 6.72. The zero-order valence-corrected chi connectivity index (χ0v) is 12.6. The SMILES string of the molecule is CCCOC(Cn1cncn1)c1ccc(Cl)cc1C(F)(F)F. The van der Waals surface area contributed by atoms with Gasteiger partial charge in [0.2, 0.25) is 0 Å². The fourth-order valence-corrected chi connectivity index (χ4v) is 2.22. The van der Waals surface area contributed by atoms with Crippen LogP contribution in [-0.2, 0) is 17.5 Å². The molecule has 2 aromatic rings. The zero-order valence-electron chi connectivity index (χ0n) is 11.8. The summed E-state index contributed by atoms with van der Waals surface area (Å²) in [4.78, 5) is 3.79. The Morgan fingerprint density at radius 1 is 1.36 bits per heavy atom. The van der Waals surface area contributed by atoms with Gasteiger partial charge < -0.3 is 4.74 Å². The van der Waals surface area contributed by atoms with Crippen LogP contribution in [0.4, 0.5) is 13.2 Å². The van der Waals surface area contributed by atoms with Gasteiger partial charge in [0, 0.05) is 11.6 Å². The van der Waals surface area contributed by atoms with Crippen molar-refractivity contribution in [2.75, 3.05) is 6.61 Å². The summed E-state index contributed by atoms with van der Waals surface area (Å²) in [6.07, 6.45) is -1.83. The van der Waals surface area contributed by atoms with E-state index in [1.54, 1.807) is 0 Å². The Morgan fingerprint density at radius 2 is 2.14 bits per heavy atom. The third-order valence-corrected chi connectivity index (χ3v) is 3.25. The Labute approximate surface area is 130 Å². The molecular formula is C14H15ClF3N3O. The van der Waals surface area contributed by atoms with Crippen LogP contribution in [0.2, 0.25) is 5.02 Å². The molecule has 22 heavy (non-hydrogen) atoms. The quantitative estimate of drug-likeness (QED) is 0.798. The number of ether oxygens (including phenoxy) is 1. The van der Waals surface area contributed by atoms with Crippen LogP contribution >= 0.6 is 11.6 Å². The van der Waals surface area contributed by atoms with E-state index >= 15 is 0 Å². The largest absolute Gasteiger partial charge is 0.416 e. The van der Waals surface area contributed by atoms with Crippen LogP contribution in [0.5, 0.6) is 0 Å². The highest BCUT2D eigenvalue weighted by atomic mass is 35.5. The minimum atomic E-state index is -4.50. The Morgan fingerprint density at radius 3 is 2.73 bits per heavy atom. The highest BCUT2D eigenvalue weighted by molar-refractivity contribution is 6.30. The number of hydrogen-bond donors (Lipinski definition) is 0. The topological polar surface area (TPSA) is 39.9 Å². The molecule has 0 radical (unpaired) electrons. The molecule has 1 aromatic carbocycles. The third kappa shape index (κ3) is 4.20. The van der Waals surface area contributed by atoms with Gasteiger partial charge >= 0.3 is 6.18 Å². The van der Waals surface area contributed by atoms with E-state index in [9.17, 15) is 13.2 Å². The molecule has 0 bridgehead atoms. The Bertz CT molecular complexity index is 602. The van der Waals surface area contributed by atoms with Crippen molar-refractivity contribution in [3.8, 4) is 0 Å². The summed E-state index contributed by atoms with van der Waals surface area (Å²) in [6, 6.07) is 3.69. The monoisotopic (exact) mass is 333 g/mol. The molecule has 4 nitrogen and oxygen atoms in total. The van der Waals surface area contributed by atoms with Gasteiger partial charge in [-0.2, -0.15) is 18.3 Å². The van der Waals surface area contributed by atoms with Crippen LogP contribution in [0.1, 0.15) is 30.6 Å². The zero-order chi connectivity index (χ0) is 16.2. The molecule has 0 fully saturated rings. The van der Waals surface area contributed by atoms with Crippen LogP contribution < -0.4 is 0 Å². The predicted octanol–water partition coefficient (Wildman–Crippen LogP) is 4.12. The lowest BCUT2D eigenvalue weighted by atomic mass is 10.0. The van der Waals surface area contributed by atoms with Crippen LogP contribution in [0.15, 0.2) is 30.9 Å². The maximum absolute atomic E-state index is 13.2. The highest BCUT2D eigenvalue weighted by Crippen LogP contribution is 2.37. The van der Waals surface area contributed by atoms with Gasteiger partial charge in [-0.3, -0.25) is 4.68 Å². The van der Waals surface area contributed by atoms with Gasteiger partial charge in [-0.05, 0) is 24.1 Å². The molecule has 0 aliphatic rings. The van der Waals surface area contributed by atoms with Gasteiger partial charge in [0.1, 0.15) is 18.8 Å². The molecule has 2 rings (SSSR count). The van der Waals surface area contributed by atoms with E-state index in [1.165, 1.54) is 29.5 Å². The first-order chi connectivity index (χ1) is 10.4. The minimum absolute atomic E-state index is 0.0334. The summed E-state index contributed by atoms with van der Waals surface area (Å²) in [5.74, 6) is 0. The van der Waals surface area contributed by atoms with Gasteiger partial charge in [0.05, 0.1) is 12.1 Å². The number of benzene rings is 1. The highest BCUT2D eigenvalue weighted by Gasteiger charge is 2.36. The molecule has 0 aliphatic carbocycles. The fraction of sp³-hybridized carbons (Fsp3) is 0.429. The molecule has 0 spiro atoms. The average molecular weight is 334 g/mol. The minimum Gasteiger partial charge on any atom is -0.372 e. The van der Waals surface area contributed by atoms with Crippen molar-refractivity contribution in [3.05, 3.63) is 47.0 Å².